The lowest BCUT2D eigenvalue weighted by Crippen LogP contribution is -2.56. The molecule has 0 aromatic carbocycles. The van der Waals surface area contributed by atoms with Crippen molar-refractivity contribution in [2.45, 2.75) is 26.4 Å². The van der Waals surface area contributed by atoms with Gasteiger partial charge in [0.2, 0.25) is 0 Å². The Labute approximate surface area is 78.4 Å². The second-order valence-corrected chi connectivity index (χ2v) is 3.69. The van der Waals surface area contributed by atoms with Crippen molar-refractivity contribution in [1.82, 2.24) is 0 Å². The maximum absolute atomic E-state index is 11.6. The highest BCUT2D eigenvalue weighted by Crippen LogP contribution is 2.33. The molecule has 0 unspecified atom stereocenters. The number of aliphatic hydroxyl groups is 1. The lowest BCUT2D eigenvalue weighted by molar-refractivity contribution is -0.238. The van der Waals surface area contributed by atoms with Gasteiger partial charge in [0.15, 0.2) is 0 Å². The first kappa shape index (κ1) is 12.8. The fourth-order valence-corrected chi connectivity index (χ4v) is 0.807. The summed E-state index contributed by atoms with van der Waals surface area (Å²) in [5, 5.41) is 9.46. The minimum atomic E-state index is -3.02. The Balaban J connectivity index is 5.27. The van der Waals surface area contributed by atoms with Crippen LogP contribution >= 0.6 is 0 Å². The second-order valence-electron chi connectivity index (χ2n) is 3.69. The molecule has 82 valence electrons. The largest absolute Gasteiger partial charge is 0.392 e. The van der Waals surface area contributed by atoms with Gasteiger partial charge >= 0.3 is 11.9 Å². The number of hydrogen-bond donors (Lipinski definition) is 1. The normalized spacial score (nSPS) is 12.1. The van der Waals surface area contributed by atoms with E-state index in [4.69, 9.17) is 0 Å². The average Bonchev–Trinajstić information content (AvgIpc) is 2.12. The number of hydrogen-bond acceptors (Lipinski definition) is 5. The van der Waals surface area contributed by atoms with Gasteiger partial charge in [-0.25, -0.2) is 9.59 Å². The first-order valence-corrected chi connectivity index (χ1v) is 3.60. The molecule has 0 atom stereocenters. The zero-order valence-corrected chi connectivity index (χ0v) is 7.84. The van der Waals surface area contributed by atoms with Gasteiger partial charge in [0.25, 0.3) is 5.60 Å². The van der Waals surface area contributed by atoms with E-state index in [1.54, 1.807) is 0 Å². The van der Waals surface area contributed by atoms with Crippen LogP contribution in [-0.2, 0) is 19.5 Å². The summed E-state index contributed by atoms with van der Waals surface area (Å²) < 4.78 is 23.1. The van der Waals surface area contributed by atoms with Crippen molar-refractivity contribution in [3.8, 4) is 0 Å². The first-order chi connectivity index (χ1) is 6.21. The van der Waals surface area contributed by atoms with Crippen LogP contribution in [0, 0.1) is 5.41 Å². The smallest absolute Gasteiger partial charge is 0.368 e. The van der Waals surface area contributed by atoms with Crippen LogP contribution < -0.4 is 0 Å². The minimum Gasteiger partial charge on any atom is -0.368 e. The lowest BCUT2D eigenvalue weighted by atomic mass is 9.76. The SMILES string of the molecule is CC(C)(C)C(O)(C(=O)OF)C(=O)OF. The molecule has 0 saturated heterocycles. The van der Waals surface area contributed by atoms with E-state index in [1.165, 1.54) is 20.8 Å². The highest BCUT2D eigenvalue weighted by Gasteiger charge is 2.58. The minimum absolute atomic E-state index is 1.21. The summed E-state index contributed by atoms with van der Waals surface area (Å²) in [4.78, 5) is 26.9. The highest BCUT2D eigenvalue weighted by atomic mass is 19.3. The molecule has 0 aliphatic rings. The summed E-state index contributed by atoms with van der Waals surface area (Å²) in [6.45, 7) is 3.63. The molecule has 14 heavy (non-hydrogen) atoms. The summed E-state index contributed by atoms with van der Waals surface area (Å²) in [6.07, 6.45) is 0. The quantitative estimate of drug-likeness (QED) is 0.679. The van der Waals surface area contributed by atoms with Gasteiger partial charge in [-0.3, -0.25) is 9.88 Å². The Hall–Kier alpha value is -1.24. The molecule has 7 heteroatoms. The molecule has 0 aliphatic heterocycles. The van der Waals surface area contributed by atoms with Crippen LogP contribution in [0.4, 0.5) is 9.05 Å². The van der Waals surface area contributed by atoms with E-state index in [9.17, 15) is 23.7 Å². The topological polar surface area (TPSA) is 72.8 Å². The summed E-state index contributed by atoms with van der Waals surface area (Å²) >= 11 is 0. The molecule has 0 fully saturated rings. The van der Waals surface area contributed by atoms with Gasteiger partial charge in [-0.05, 0) is 0 Å². The zero-order chi connectivity index (χ0) is 11.6. The monoisotopic (exact) mass is 212 g/mol. The molecule has 0 aliphatic carbocycles. The van der Waals surface area contributed by atoms with Crippen LogP contribution in [0.1, 0.15) is 20.8 Å². The third-order valence-electron chi connectivity index (χ3n) is 1.82. The van der Waals surface area contributed by atoms with Crippen LogP contribution in [0.15, 0.2) is 0 Å². The molecular formula is C7H10F2O5. The van der Waals surface area contributed by atoms with Crippen molar-refractivity contribution in [3.05, 3.63) is 0 Å². The van der Waals surface area contributed by atoms with Crippen LogP contribution in [0.2, 0.25) is 0 Å². The number of halogens is 2. The number of rotatable bonds is 2. The summed E-state index contributed by atoms with van der Waals surface area (Å²) in [7, 11) is 0. The number of carbonyl (C=O) groups excluding carboxylic acids is 2. The van der Waals surface area contributed by atoms with E-state index >= 15 is 0 Å². The molecule has 0 aromatic rings. The Morgan fingerprint density at radius 1 is 1.07 bits per heavy atom. The molecule has 5 nitrogen and oxygen atoms in total. The van der Waals surface area contributed by atoms with E-state index in [1.807, 2.05) is 0 Å². The third kappa shape index (κ3) is 1.82. The van der Waals surface area contributed by atoms with Crippen LogP contribution in [0.5, 0.6) is 0 Å². The van der Waals surface area contributed by atoms with Gasteiger partial charge in [-0.1, -0.05) is 20.8 Å². The van der Waals surface area contributed by atoms with Crippen molar-refractivity contribution in [3.63, 3.8) is 0 Å². The summed E-state index contributed by atoms with van der Waals surface area (Å²) in [6, 6.07) is 0. The molecule has 0 bridgehead atoms. The molecule has 0 radical (unpaired) electrons. The standard InChI is InChI=1S/C7H10F2O5/c1-6(2,3)7(12,4(10)13-8)5(11)14-9/h12H,1-3H3. The van der Waals surface area contributed by atoms with Gasteiger partial charge in [0, 0.05) is 14.5 Å². The third-order valence-corrected chi connectivity index (χ3v) is 1.82. The molecule has 0 aromatic heterocycles. The maximum Gasteiger partial charge on any atom is 0.392 e. The van der Waals surface area contributed by atoms with Crippen molar-refractivity contribution >= 4 is 11.9 Å². The second kappa shape index (κ2) is 3.87. The average molecular weight is 212 g/mol. The predicted molar refractivity (Wildman–Crippen MR) is 38.8 cm³/mol. The van der Waals surface area contributed by atoms with Crippen LogP contribution in [0.3, 0.4) is 0 Å². The van der Waals surface area contributed by atoms with Gasteiger partial charge in [0.1, 0.15) is 0 Å². The van der Waals surface area contributed by atoms with Crippen LogP contribution in [-0.4, -0.2) is 22.6 Å². The molecule has 0 spiro atoms. The molecule has 0 saturated carbocycles. The van der Waals surface area contributed by atoms with E-state index in [2.05, 4.69) is 9.88 Å². The molecule has 0 heterocycles. The highest BCUT2D eigenvalue weighted by molar-refractivity contribution is 6.03. The Bertz CT molecular complexity index is 229. The Kier molecular flexibility index (Phi) is 3.53. The van der Waals surface area contributed by atoms with Crippen molar-refractivity contribution in [2.75, 3.05) is 0 Å². The molecule has 0 amide bonds. The fraction of sp³-hybridized carbons (Fsp3) is 0.714. The Morgan fingerprint density at radius 3 is 1.50 bits per heavy atom. The lowest BCUT2D eigenvalue weighted by Gasteiger charge is -2.32. The van der Waals surface area contributed by atoms with Crippen molar-refractivity contribution in [2.24, 2.45) is 5.41 Å². The van der Waals surface area contributed by atoms with Crippen LogP contribution in [0.25, 0.3) is 0 Å². The van der Waals surface area contributed by atoms with Gasteiger partial charge in [-0.2, -0.15) is 0 Å². The molecule has 1 N–H and O–H groups in total. The molecule has 0 rings (SSSR count). The predicted octanol–water partition coefficient (Wildman–Crippen LogP) is 0.619. The molecular weight excluding hydrogens is 202 g/mol. The van der Waals surface area contributed by atoms with E-state index in [0.29, 0.717) is 0 Å². The van der Waals surface area contributed by atoms with Gasteiger partial charge in [0.05, 0.1) is 0 Å². The van der Waals surface area contributed by atoms with Gasteiger partial charge in [-0.15, -0.1) is 0 Å². The van der Waals surface area contributed by atoms with Gasteiger partial charge < -0.3 is 5.11 Å². The first-order valence-electron chi connectivity index (χ1n) is 3.60. The number of carbonyl (C=O) groups is 2. The Morgan fingerprint density at radius 2 is 1.36 bits per heavy atom. The summed E-state index contributed by atoms with van der Waals surface area (Å²) in [5.41, 5.74) is -4.49. The van der Waals surface area contributed by atoms with E-state index in [-0.39, 0.29) is 0 Å². The van der Waals surface area contributed by atoms with E-state index < -0.39 is 23.0 Å². The fourth-order valence-electron chi connectivity index (χ4n) is 0.807. The summed E-state index contributed by atoms with van der Waals surface area (Å²) in [5.74, 6) is -3.85. The van der Waals surface area contributed by atoms with Crippen molar-refractivity contribution < 1.29 is 33.6 Å². The van der Waals surface area contributed by atoms with E-state index in [0.717, 1.165) is 0 Å². The maximum atomic E-state index is 11.6. The zero-order valence-electron chi connectivity index (χ0n) is 7.84. The van der Waals surface area contributed by atoms with Crippen molar-refractivity contribution in [1.29, 1.82) is 0 Å².